The van der Waals surface area contributed by atoms with Gasteiger partial charge in [-0.05, 0) is 29.9 Å². The summed E-state index contributed by atoms with van der Waals surface area (Å²) >= 11 is 0. The molecule has 0 saturated heterocycles. The second kappa shape index (κ2) is 5.21. The molecule has 0 spiro atoms. The van der Waals surface area contributed by atoms with Gasteiger partial charge in [-0.15, -0.1) is 0 Å². The van der Waals surface area contributed by atoms with Crippen LogP contribution in [0.5, 0.6) is 0 Å². The van der Waals surface area contributed by atoms with Crippen LogP contribution in [0.4, 0.5) is 13.2 Å². The Kier molecular flexibility index (Phi) is 3.52. The summed E-state index contributed by atoms with van der Waals surface area (Å²) in [4.78, 5) is 0. The van der Waals surface area contributed by atoms with Gasteiger partial charge in [0, 0.05) is 0 Å². The molecule has 0 atom stereocenters. The average Bonchev–Trinajstić information content (AvgIpc) is 3.35. The van der Waals surface area contributed by atoms with E-state index in [1.165, 1.54) is 0 Å². The molecule has 3 rings (SSSR count). The van der Waals surface area contributed by atoms with Gasteiger partial charge in [0.25, 0.3) is 5.92 Å². The topological polar surface area (TPSA) is 0 Å². The van der Waals surface area contributed by atoms with Crippen LogP contribution in [0.2, 0.25) is 0 Å². The molecule has 3 heteroatoms. The summed E-state index contributed by atoms with van der Waals surface area (Å²) in [7, 11) is 0. The van der Waals surface area contributed by atoms with Crippen LogP contribution in [0, 0.1) is 5.92 Å². The van der Waals surface area contributed by atoms with Gasteiger partial charge in [-0.1, -0.05) is 60.7 Å². The van der Waals surface area contributed by atoms with E-state index in [0.29, 0.717) is 24.0 Å². The molecule has 0 amide bonds. The maximum atomic E-state index is 14.8. The molecule has 1 saturated carbocycles. The van der Waals surface area contributed by atoms with Gasteiger partial charge in [0.1, 0.15) is 0 Å². The molecule has 0 radical (unpaired) electrons. The largest absolute Gasteiger partial charge is 0.289 e. The zero-order valence-electron chi connectivity index (χ0n) is 11.6. The molecule has 0 N–H and O–H groups in total. The molecular weight excluding hydrogens is 273 g/mol. The van der Waals surface area contributed by atoms with Crippen LogP contribution in [0.1, 0.15) is 24.0 Å². The lowest BCUT2D eigenvalue weighted by Gasteiger charge is -2.41. The molecular formula is C18H17F3. The van der Waals surface area contributed by atoms with E-state index in [9.17, 15) is 13.2 Å². The summed E-state index contributed by atoms with van der Waals surface area (Å²) in [5.41, 5.74) is -0.563. The van der Waals surface area contributed by atoms with E-state index in [1.807, 2.05) is 0 Å². The lowest BCUT2D eigenvalue weighted by Crippen LogP contribution is -2.49. The van der Waals surface area contributed by atoms with E-state index in [1.54, 1.807) is 60.7 Å². The molecule has 1 aliphatic carbocycles. The van der Waals surface area contributed by atoms with E-state index in [0.717, 1.165) is 0 Å². The molecule has 0 bridgehead atoms. The fraction of sp³-hybridized carbons (Fsp3) is 0.333. The first-order chi connectivity index (χ1) is 10.1. The van der Waals surface area contributed by atoms with Crippen LogP contribution < -0.4 is 0 Å². The molecule has 0 aromatic heterocycles. The molecule has 2 aromatic carbocycles. The lowest BCUT2D eigenvalue weighted by molar-refractivity contribution is -0.0887. The maximum absolute atomic E-state index is 14.8. The quantitative estimate of drug-likeness (QED) is 0.728. The van der Waals surface area contributed by atoms with Crippen LogP contribution in [0.25, 0.3) is 0 Å². The monoisotopic (exact) mass is 290 g/mol. The van der Waals surface area contributed by atoms with Crippen LogP contribution >= 0.6 is 0 Å². The van der Waals surface area contributed by atoms with E-state index in [-0.39, 0.29) is 5.92 Å². The zero-order valence-corrected chi connectivity index (χ0v) is 11.6. The summed E-state index contributed by atoms with van der Waals surface area (Å²) in [6.07, 6.45) is 1.42. The number of alkyl halides is 3. The average molecular weight is 290 g/mol. The first-order valence-electron chi connectivity index (χ1n) is 7.18. The van der Waals surface area contributed by atoms with E-state index in [2.05, 4.69) is 0 Å². The Morgan fingerprint density at radius 2 is 1.24 bits per heavy atom. The number of rotatable bonds is 5. The van der Waals surface area contributed by atoms with Gasteiger partial charge in [-0.3, -0.25) is 0 Å². The van der Waals surface area contributed by atoms with Crippen molar-refractivity contribution in [2.24, 2.45) is 5.92 Å². The van der Waals surface area contributed by atoms with Crippen molar-refractivity contribution in [2.45, 2.75) is 24.2 Å². The first kappa shape index (κ1) is 14.2. The zero-order chi connectivity index (χ0) is 14.9. The Hall–Kier alpha value is -1.77. The Morgan fingerprint density at radius 1 is 0.810 bits per heavy atom. The van der Waals surface area contributed by atoms with E-state index < -0.39 is 18.0 Å². The van der Waals surface area contributed by atoms with Crippen molar-refractivity contribution >= 4 is 0 Å². The molecule has 2 aromatic rings. The second-order valence-electron chi connectivity index (χ2n) is 5.65. The van der Waals surface area contributed by atoms with Crippen LogP contribution in [-0.4, -0.2) is 12.6 Å². The van der Waals surface area contributed by atoms with Crippen molar-refractivity contribution in [1.82, 2.24) is 0 Å². The number of halogens is 3. The van der Waals surface area contributed by atoms with Gasteiger partial charge >= 0.3 is 0 Å². The predicted molar refractivity (Wildman–Crippen MR) is 77.3 cm³/mol. The van der Waals surface area contributed by atoms with Gasteiger partial charge < -0.3 is 0 Å². The highest BCUT2D eigenvalue weighted by molar-refractivity contribution is 5.45. The molecule has 1 aliphatic rings. The van der Waals surface area contributed by atoms with E-state index in [4.69, 9.17) is 0 Å². The second-order valence-corrected chi connectivity index (χ2v) is 5.65. The van der Waals surface area contributed by atoms with Crippen LogP contribution in [0.3, 0.4) is 0 Å². The molecule has 1 fully saturated rings. The predicted octanol–water partition coefficient (Wildman–Crippen LogP) is 4.99. The third kappa shape index (κ3) is 2.15. The number of benzene rings is 2. The van der Waals surface area contributed by atoms with Crippen molar-refractivity contribution in [3.05, 3.63) is 71.8 Å². The van der Waals surface area contributed by atoms with Crippen molar-refractivity contribution < 1.29 is 13.2 Å². The lowest BCUT2D eigenvalue weighted by atomic mass is 9.66. The highest BCUT2D eigenvalue weighted by Crippen LogP contribution is 2.58. The first-order valence-corrected chi connectivity index (χ1v) is 7.18. The molecule has 0 nitrogen and oxygen atoms in total. The third-order valence-corrected chi connectivity index (χ3v) is 4.39. The minimum atomic E-state index is -3.42. The molecule has 21 heavy (non-hydrogen) atoms. The third-order valence-electron chi connectivity index (χ3n) is 4.39. The summed E-state index contributed by atoms with van der Waals surface area (Å²) < 4.78 is 42.8. The molecule has 110 valence electrons. The highest BCUT2D eigenvalue weighted by Gasteiger charge is 2.63. The summed E-state index contributed by atoms with van der Waals surface area (Å²) in [5.74, 6) is -3.63. The summed E-state index contributed by atoms with van der Waals surface area (Å²) in [6, 6.07) is 17.3. The number of hydrogen-bond donors (Lipinski definition) is 0. The van der Waals surface area contributed by atoms with Crippen molar-refractivity contribution in [3.8, 4) is 0 Å². The molecule has 0 heterocycles. The Bertz CT molecular complexity index is 549. The van der Waals surface area contributed by atoms with E-state index >= 15 is 0 Å². The normalized spacial score (nSPS) is 16.0. The van der Waals surface area contributed by atoms with Crippen LogP contribution in [0.15, 0.2) is 60.7 Å². The highest BCUT2D eigenvalue weighted by atomic mass is 19.3. The van der Waals surface area contributed by atoms with Crippen molar-refractivity contribution in [1.29, 1.82) is 0 Å². The van der Waals surface area contributed by atoms with Crippen LogP contribution in [-0.2, 0) is 5.41 Å². The Balaban J connectivity index is 2.27. The van der Waals surface area contributed by atoms with Gasteiger partial charge in [-0.25, -0.2) is 13.2 Å². The Labute approximate surface area is 122 Å². The molecule has 0 unspecified atom stereocenters. The van der Waals surface area contributed by atoms with Gasteiger partial charge in [-0.2, -0.15) is 0 Å². The molecule has 0 aliphatic heterocycles. The minimum Gasteiger partial charge on any atom is -0.244 e. The van der Waals surface area contributed by atoms with Crippen molar-refractivity contribution in [2.75, 3.05) is 6.67 Å². The standard InChI is InChI=1S/C18H17F3/c19-13-17(20,21)18(16-11-12-16,14-7-3-1-4-8-14)15-9-5-2-6-10-15/h1-10,16H,11-13H2. The summed E-state index contributed by atoms with van der Waals surface area (Å²) in [6.45, 7) is -1.65. The minimum absolute atomic E-state index is 0.215. The Morgan fingerprint density at radius 3 is 1.57 bits per heavy atom. The summed E-state index contributed by atoms with van der Waals surface area (Å²) in [5, 5.41) is 0. The fourth-order valence-electron chi connectivity index (χ4n) is 3.38. The van der Waals surface area contributed by atoms with Gasteiger partial charge in [0.05, 0.1) is 5.41 Å². The van der Waals surface area contributed by atoms with Crippen molar-refractivity contribution in [3.63, 3.8) is 0 Å². The fourth-order valence-corrected chi connectivity index (χ4v) is 3.38. The smallest absolute Gasteiger partial charge is 0.244 e. The maximum Gasteiger partial charge on any atom is 0.289 e. The number of hydrogen-bond acceptors (Lipinski definition) is 0. The SMILES string of the molecule is FCC(F)(F)C(c1ccccc1)(c1ccccc1)C1CC1. The van der Waals surface area contributed by atoms with Gasteiger partial charge in [0.15, 0.2) is 6.67 Å². The van der Waals surface area contributed by atoms with Gasteiger partial charge in [0.2, 0.25) is 0 Å².